The molecule has 1 atom stereocenters. The van der Waals surface area contributed by atoms with Crippen LogP contribution in [0, 0.1) is 5.92 Å². The zero-order chi connectivity index (χ0) is 25.5. The van der Waals surface area contributed by atoms with Crippen LogP contribution >= 0.6 is 34.5 Å². The van der Waals surface area contributed by atoms with Crippen molar-refractivity contribution in [3.63, 3.8) is 0 Å². The molecule has 37 heavy (non-hydrogen) atoms. The predicted octanol–water partition coefficient (Wildman–Crippen LogP) is 3.90. The van der Waals surface area contributed by atoms with Gasteiger partial charge >= 0.3 is 0 Å². The number of rotatable bonds is 6. The van der Waals surface area contributed by atoms with Gasteiger partial charge in [0, 0.05) is 50.1 Å². The van der Waals surface area contributed by atoms with E-state index < -0.39 is 0 Å². The minimum atomic E-state index is 0.0361. The first-order valence-electron chi connectivity index (χ1n) is 12.6. The average Bonchev–Trinajstić information content (AvgIpc) is 3.51. The number of nitrogens with one attached hydrogen (secondary N) is 1. The van der Waals surface area contributed by atoms with Gasteiger partial charge in [0.15, 0.2) is 0 Å². The van der Waals surface area contributed by atoms with Crippen molar-refractivity contribution in [3.05, 3.63) is 33.9 Å². The lowest BCUT2D eigenvalue weighted by Crippen LogP contribution is -2.51. The maximum absolute atomic E-state index is 13.4. The maximum atomic E-state index is 13.4. The third-order valence-electron chi connectivity index (χ3n) is 7.33. The number of hydrogen-bond donors (Lipinski definition) is 1. The number of halogens is 1. The summed E-state index contributed by atoms with van der Waals surface area (Å²) in [5.41, 5.74) is 2.82. The molecule has 1 aromatic carbocycles. The predicted molar refractivity (Wildman–Crippen MR) is 150 cm³/mol. The Morgan fingerprint density at radius 1 is 1.22 bits per heavy atom. The number of aryl methyl sites for hydroxylation is 1. The highest BCUT2D eigenvalue weighted by molar-refractivity contribution is 7.19. The maximum Gasteiger partial charge on any atom is 0.226 e. The molecule has 0 radical (unpaired) electrons. The Morgan fingerprint density at radius 2 is 2.05 bits per heavy atom. The number of amides is 1. The number of aromatic nitrogens is 4. The molecule has 6 rings (SSSR count). The second kappa shape index (κ2) is 10.4. The first-order valence-corrected chi connectivity index (χ1v) is 14.5. The molecule has 1 aliphatic heterocycles. The highest BCUT2D eigenvalue weighted by atomic mass is 35.5. The Balaban J connectivity index is 1.18. The lowest BCUT2D eigenvalue weighted by Gasteiger charge is -2.37. The van der Waals surface area contributed by atoms with Crippen LogP contribution in [0.15, 0.2) is 18.5 Å². The van der Waals surface area contributed by atoms with Crippen molar-refractivity contribution >= 4 is 72.3 Å². The number of likely N-dealkylation sites (N-methyl/N-ethyl adjacent to an activating group) is 1. The van der Waals surface area contributed by atoms with Crippen LogP contribution in [0.4, 0.5) is 11.5 Å². The fraction of sp³-hybridized carbons (Fsp3) is 0.480. The average molecular weight is 557 g/mol. The van der Waals surface area contributed by atoms with E-state index in [4.69, 9.17) is 11.6 Å². The first kappa shape index (κ1) is 24.9. The molecule has 0 bridgehead atoms. The standard InChI is InChI=1S/C25H29ClN8OS2/c1-32(2)5-6-33-7-9-34(10-8-33)25(35)15-3-4-16-20(11-15)36-24-22(16)23(27-14-28-24)29-18-13-21-19(12-17(18)26)30-31-37-21/h12-15H,3-11H2,1-2H3,(H,27,28,29)/t15-/m0/s1. The van der Waals surface area contributed by atoms with Gasteiger partial charge in [0.05, 0.1) is 20.8 Å². The summed E-state index contributed by atoms with van der Waals surface area (Å²) in [7, 11) is 4.20. The third-order valence-corrected chi connectivity index (χ3v) is 9.49. The van der Waals surface area contributed by atoms with Crippen molar-refractivity contribution in [3.8, 4) is 0 Å². The minimum absolute atomic E-state index is 0.0361. The summed E-state index contributed by atoms with van der Waals surface area (Å²) in [6, 6.07) is 3.78. The van der Waals surface area contributed by atoms with Gasteiger partial charge in [-0.3, -0.25) is 9.69 Å². The largest absolute Gasteiger partial charge is 0.340 e. The van der Waals surface area contributed by atoms with E-state index in [1.54, 1.807) is 17.7 Å². The molecule has 3 aromatic heterocycles. The molecular formula is C25H29ClN8OS2. The van der Waals surface area contributed by atoms with Gasteiger partial charge in [-0.1, -0.05) is 16.1 Å². The van der Waals surface area contributed by atoms with Crippen molar-refractivity contribution in [1.82, 2.24) is 34.3 Å². The van der Waals surface area contributed by atoms with Crippen molar-refractivity contribution < 1.29 is 4.79 Å². The van der Waals surface area contributed by atoms with E-state index in [0.717, 1.165) is 90.5 Å². The van der Waals surface area contributed by atoms with Crippen LogP contribution in [0.5, 0.6) is 0 Å². The summed E-state index contributed by atoms with van der Waals surface area (Å²) < 4.78 is 4.97. The summed E-state index contributed by atoms with van der Waals surface area (Å²) in [4.78, 5) is 31.5. The molecule has 194 valence electrons. The summed E-state index contributed by atoms with van der Waals surface area (Å²) >= 11 is 9.55. The number of nitrogens with zero attached hydrogens (tertiary/aromatic N) is 7. The quantitative estimate of drug-likeness (QED) is 0.382. The first-order chi connectivity index (χ1) is 18.0. The molecule has 1 amide bonds. The second-order valence-electron chi connectivity index (χ2n) is 10.0. The molecule has 9 nitrogen and oxygen atoms in total. The van der Waals surface area contributed by atoms with E-state index in [-0.39, 0.29) is 5.92 Å². The Labute approximate surface area is 228 Å². The molecule has 1 aliphatic carbocycles. The highest BCUT2D eigenvalue weighted by Gasteiger charge is 2.33. The monoisotopic (exact) mass is 556 g/mol. The molecular weight excluding hydrogens is 528 g/mol. The van der Waals surface area contributed by atoms with Crippen molar-refractivity contribution in [1.29, 1.82) is 0 Å². The Hall–Kier alpha value is -2.44. The van der Waals surface area contributed by atoms with Gasteiger partial charge in [0.25, 0.3) is 0 Å². The molecule has 2 aliphatic rings. The van der Waals surface area contributed by atoms with Crippen molar-refractivity contribution in [2.45, 2.75) is 19.3 Å². The highest BCUT2D eigenvalue weighted by Crippen LogP contribution is 2.41. The fourth-order valence-corrected chi connectivity index (χ4v) is 7.29. The van der Waals surface area contributed by atoms with Gasteiger partial charge in [0.2, 0.25) is 5.91 Å². The smallest absolute Gasteiger partial charge is 0.226 e. The molecule has 0 saturated carbocycles. The number of carbonyl (C=O) groups excluding carboxylic acids is 1. The number of thiophene rings is 1. The van der Waals surface area contributed by atoms with Crippen LogP contribution < -0.4 is 5.32 Å². The number of piperazine rings is 1. The normalized spacial score (nSPS) is 18.6. The molecule has 4 aromatic rings. The second-order valence-corrected chi connectivity index (χ2v) is 12.3. The number of carbonyl (C=O) groups is 1. The zero-order valence-corrected chi connectivity index (χ0v) is 23.3. The van der Waals surface area contributed by atoms with Gasteiger partial charge in [-0.25, -0.2) is 9.97 Å². The summed E-state index contributed by atoms with van der Waals surface area (Å²) in [5.74, 6) is 1.09. The third kappa shape index (κ3) is 5.03. The van der Waals surface area contributed by atoms with Gasteiger partial charge in [-0.05, 0) is 62.6 Å². The summed E-state index contributed by atoms with van der Waals surface area (Å²) in [6.07, 6.45) is 4.06. The van der Waals surface area contributed by atoms with Crippen LogP contribution in [0.2, 0.25) is 5.02 Å². The number of anilines is 2. The number of fused-ring (bicyclic) bond motifs is 4. The molecule has 0 spiro atoms. The number of benzene rings is 1. The fourth-order valence-electron chi connectivity index (χ4n) is 5.23. The molecule has 1 N–H and O–H groups in total. The van der Waals surface area contributed by atoms with Gasteiger partial charge in [0.1, 0.15) is 22.5 Å². The van der Waals surface area contributed by atoms with Gasteiger partial charge in [-0.2, -0.15) is 0 Å². The molecule has 0 unspecified atom stereocenters. The van der Waals surface area contributed by atoms with Crippen LogP contribution in [0.25, 0.3) is 20.4 Å². The number of hydrogen-bond acceptors (Lipinski definition) is 10. The van der Waals surface area contributed by atoms with Crippen LogP contribution in [-0.4, -0.2) is 93.5 Å². The summed E-state index contributed by atoms with van der Waals surface area (Å²) in [5, 5.41) is 9.15. The Bertz CT molecular complexity index is 1450. The van der Waals surface area contributed by atoms with Crippen LogP contribution in [-0.2, 0) is 17.6 Å². The SMILES string of the molecule is CN(C)CCN1CCN(C(=O)[C@H]2CCc3c(sc4ncnc(Nc5cc6snnc6cc5Cl)c34)C2)CC1. The van der Waals surface area contributed by atoms with Crippen molar-refractivity contribution in [2.24, 2.45) is 5.92 Å². The van der Waals surface area contributed by atoms with E-state index in [1.807, 2.05) is 12.1 Å². The van der Waals surface area contributed by atoms with E-state index in [2.05, 4.69) is 53.7 Å². The molecule has 12 heteroatoms. The van der Waals surface area contributed by atoms with E-state index >= 15 is 0 Å². The van der Waals surface area contributed by atoms with Crippen LogP contribution in [0.1, 0.15) is 16.9 Å². The zero-order valence-electron chi connectivity index (χ0n) is 20.9. The van der Waals surface area contributed by atoms with E-state index in [9.17, 15) is 4.79 Å². The minimum Gasteiger partial charge on any atom is -0.340 e. The van der Waals surface area contributed by atoms with Crippen LogP contribution in [0.3, 0.4) is 0 Å². The molecule has 4 heterocycles. The van der Waals surface area contributed by atoms with Crippen molar-refractivity contribution in [2.75, 3.05) is 58.7 Å². The Kier molecular flexibility index (Phi) is 6.97. The topological polar surface area (TPSA) is 90.4 Å². The molecule has 1 saturated heterocycles. The van der Waals surface area contributed by atoms with Gasteiger partial charge < -0.3 is 15.1 Å². The molecule has 1 fully saturated rings. The van der Waals surface area contributed by atoms with Gasteiger partial charge in [-0.15, -0.1) is 16.4 Å². The Morgan fingerprint density at radius 3 is 2.86 bits per heavy atom. The lowest BCUT2D eigenvalue weighted by atomic mass is 9.86. The van der Waals surface area contributed by atoms with E-state index in [0.29, 0.717) is 10.9 Å². The summed E-state index contributed by atoms with van der Waals surface area (Å²) in [6.45, 7) is 5.66. The van der Waals surface area contributed by atoms with E-state index in [1.165, 1.54) is 22.0 Å². The lowest BCUT2D eigenvalue weighted by molar-refractivity contribution is -0.137.